The third-order valence-corrected chi connectivity index (χ3v) is 7.18. The largest absolute Gasteiger partial charge is 0.493 e. The van der Waals surface area contributed by atoms with E-state index < -0.39 is 5.79 Å². The highest BCUT2D eigenvalue weighted by Crippen LogP contribution is 2.65. The van der Waals surface area contributed by atoms with Crippen LogP contribution < -0.4 is 15.2 Å². The van der Waals surface area contributed by atoms with Crippen LogP contribution >= 0.6 is 0 Å². The molecule has 2 heterocycles. The van der Waals surface area contributed by atoms with Gasteiger partial charge in [0.1, 0.15) is 0 Å². The number of nitrogen functional groups attached to an aromatic ring is 1. The standard InChI is InChI=1S/C20H26N2O4/c1-22-8-7-19-12-5-6-20(24-3,25-4)18(19)26-17-15(23-2)10-13(21)11(16(17)19)9-14(12)22/h5-6,10,12,14,18H,7-9,21H2,1-4H3/t12-,14+,18+,19-/m0/s1. The zero-order valence-corrected chi connectivity index (χ0v) is 15.7. The van der Waals surface area contributed by atoms with E-state index in [1.165, 1.54) is 11.1 Å². The van der Waals surface area contributed by atoms with E-state index in [0.29, 0.717) is 17.7 Å². The van der Waals surface area contributed by atoms with E-state index in [0.717, 1.165) is 30.8 Å². The smallest absolute Gasteiger partial charge is 0.226 e. The summed E-state index contributed by atoms with van der Waals surface area (Å²) in [5.74, 6) is 0.939. The maximum atomic E-state index is 6.59. The number of nitrogens with zero attached hydrogens (tertiary/aromatic N) is 1. The zero-order chi connectivity index (χ0) is 18.3. The van der Waals surface area contributed by atoms with Crippen LogP contribution in [-0.2, 0) is 21.3 Å². The molecule has 0 unspecified atom stereocenters. The van der Waals surface area contributed by atoms with Gasteiger partial charge in [-0.3, -0.25) is 0 Å². The molecule has 0 amide bonds. The van der Waals surface area contributed by atoms with Gasteiger partial charge < -0.3 is 29.6 Å². The molecule has 2 N–H and O–H groups in total. The first-order chi connectivity index (χ1) is 12.5. The van der Waals surface area contributed by atoms with Crippen LogP contribution in [0.1, 0.15) is 17.5 Å². The lowest BCUT2D eigenvalue weighted by atomic mass is 9.52. The number of nitrogens with two attached hydrogens (primary N) is 1. The van der Waals surface area contributed by atoms with Gasteiger partial charge in [0.05, 0.1) is 12.5 Å². The molecule has 1 fully saturated rings. The maximum Gasteiger partial charge on any atom is 0.226 e. The fraction of sp³-hybridized carbons (Fsp3) is 0.600. The van der Waals surface area contributed by atoms with Crippen LogP contribution in [0.5, 0.6) is 11.5 Å². The number of ether oxygens (including phenoxy) is 4. The second-order valence-corrected chi connectivity index (χ2v) is 7.91. The molecular weight excluding hydrogens is 332 g/mol. The number of benzene rings is 1. The van der Waals surface area contributed by atoms with Gasteiger partial charge in [0.25, 0.3) is 0 Å². The van der Waals surface area contributed by atoms with Crippen molar-refractivity contribution in [2.75, 3.05) is 40.7 Å². The summed E-state index contributed by atoms with van der Waals surface area (Å²) in [6, 6.07) is 2.29. The van der Waals surface area contributed by atoms with Gasteiger partial charge in [-0.15, -0.1) is 0 Å². The minimum Gasteiger partial charge on any atom is -0.493 e. The Morgan fingerprint density at radius 3 is 2.73 bits per heavy atom. The van der Waals surface area contributed by atoms with Crippen LogP contribution in [0.25, 0.3) is 0 Å². The summed E-state index contributed by atoms with van der Waals surface area (Å²) in [5.41, 5.74) is 9.48. The monoisotopic (exact) mass is 358 g/mol. The minimum atomic E-state index is -0.912. The number of anilines is 1. The lowest BCUT2D eigenvalue weighted by molar-refractivity contribution is -0.244. The first-order valence-corrected chi connectivity index (χ1v) is 9.18. The van der Waals surface area contributed by atoms with Crippen molar-refractivity contribution in [3.63, 3.8) is 0 Å². The van der Waals surface area contributed by atoms with Crippen molar-refractivity contribution < 1.29 is 18.9 Å². The fourth-order valence-corrected chi connectivity index (χ4v) is 5.93. The molecule has 2 aliphatic heterocycles. The van der Waals surface area contributed by atoms with E-state index in [9.17, 15) is 0 Å². The van der Waals surface area contributed by atoms with Crippen LogP contribution in [0, 0.1) is 5.92 Å². The Kier molecular flexibility index (Phi) is 3.25. The lowest BCUT2D eigenvalue weighted by Gasteiger charge is -2.58. The average molecular weight is 358 g/mol. The average Bonchev–Trinajstić information content (AvgIpc) is 3.01. The molecule has 6 nitrogen and oxygen atoms in total. The van der Waals surface area contributed by atoms with Crippen molar-refractivity contribution in [2.24, 2.45) is 5.92 Å². The van der Waals surface area contributed by atoms with Gasteiger partial charge in [-0.1, -0.05) is 6.08 Å². The van der Waals surface area contributed by atoms with Crippen molar-refractivity contribution in [3.05, 3.63) is 29.3 Å². The quantitative estimate of drug-likeness (QED) is 0.504. The normalized spacial score (nSPS) is 35.8. The number of hydrogen-bond donors (Lipinski definition) is 1. The topological polar surface area (TPSA) is 66.2 Å². The number of likely N-dealkylation sites (N-methyl/N-ethyl adjacent to an activating group) is 1. The molecule has 5 rings (SSSR count). The van der Waals surface area contributed by atoms with Gasteiger partial charge in [-0.05, 0) is 38.1 Å². The number of hydrogen-bond acceptors (Lipinski definition) is 6. The van der Waals surface area contributed by atoms with Crippen LogP contribution in [0.15, 0.2) is 18.2 Å². The molecule has 4 atom stereocenters. The highest BCUT2D eigenvalue weighted by atomic mass is 16.7. The predicted molar refractivity (Wildman–Crippen MR) is 97.6 cm³/mol. The third-order valence-electron chi connectivity index (χ3n) is 7.18. The van der Waals surface area contributed by atoms with Crippen molar-refractivity contribution in [1.29, 1.82) is 0 Å². The first kappa shape index (κ1) is 16.4. The molecule has 1 aromatic rings. The Morgan fingerprint density at radius 2 is 2.04 bits per heavy atom. The molecule has 0 saturated carbocycles. The van der Waals surface area contributed by atoms with E-state index in [4.69, 9.17) is 24.7 Å². The van der Waals surface area contributed by atoms with Crippen LogP contribution in [0.3, 0.4) is 0 Å². The summed E-state index contributed by atoms with van der Waals surface area (Å²) < 4.78 is 24.0. The SMILES string of the molecule is COc1cc(N)c2c3c1O[C@H]1C(OC)(OC)C=C[C@H]4[C@@H](C2)N(C)CC[C@@]341. The van der Waals surface area contributed by atoms with Gasteiger partial charge in [0.2, 0.25) is 5.79 Å². The van der Waals surface area contributed by atoms with Crippen molar-refractivity contribution >= 4 is 5.69 Å². The zero-order valence-electron chi connectivity index (χ0n) is 15.7. The minimum absolute atomic E-state index is 0.205. The second-order valence-electron chi connectivity index (χ2n) is 7.91. The predicted octanol–water partition coefficient (Wildman–Crippen LogP) is 1.71. The number of rotatable bonds is 3. The lowest BCUT2D eigenvalue weighted by Crippen LogP contribution is -2.68. The molecule has 0 aromatic heterocycles. The second kappa shape index (κ2) is 5.15. The van der Waals surface area contributed by atoms with E-state index in [-0.39, 0.29) is 11.5 Å². The number of piperidine rings is 1. The molecule has 2 bridgehead atoms. The third kappa shape index (κ3) is 1.64. The Balaban J connectivity index is 1.84. The van der Waals surface area contributed by atoms with Gasteiger partial charge >= 0.3 is 0 Å². The summed E-state index contributed by atoms with van der Waals surface area (Å²) in [4.78, 5) is 2.45. The Hall–Kier alpha value is -1.76. The number of methoxy groups -OCH3 is 3. The Labute approximate surface area is 153 Å². The van der Waals surface area contributed by atoms with Crippen molar-refractivity contribution in [1.82, 2.24) is 4.90 Å². The molecule has 1 aromatic carbocycles. The van der Waals surface area contributed by atoms with Gasteiger partial charge in [0, 0.05) is 43.5 Å². The molecule has 6 heteroatoms. The summed E-state index contributed by atoms with van der Waals surface area (Å²) in [7, 11) is 7.23. The van der Waals surface area contributed by atoms with Gasteiger partial charge in [-0.2, -0.15) is 0 Å². The Morgan fingerprint density at radius 1 is 1.27 bits per heavy atom. The van der Waals surface area contributed by atoms with Gasteiger partial charge in [0.15, 0.2) is 17.6 Å². The molecule has 1 spiro atoms. The Bertz CT molecular complexity index is 803. The van der Waals surface area contributed by atoms with E-state index in [1.54, 1.807) is 21.3 Å². The molecule has 1 saturated heterocycles. The highest BCUT2D eigenvalue weighted by molar-refractivity contribution is 5.70. The van der Waals surface area contributed by atoms with Crippen LogP contribution in [0.2, 0.25) is 0 Å². The fourth-order valence-electron chi connectivity index (χ4n) is 5.93. The molecule has 140 valence electrons. The summed E-state index contributed by atoms with van der Waals surface area (Å²) in [6.07, 6.45) is 5.95. The molecule has 2 aliphatic carbocycles. The van der Waals surface area contributed by atoms with Crippen molar-refractivity contribution in [3.8, 4) is 11.5 Å². The number of likely N-dealkylation sites (tertiary alicyclic amines) is 1. The van der Waals surface area contributed by atoms with E-state index in [1.807, 2.05) is 12.1 Å². The summed E-state index contributed by atoms with van der Waals surface area (Å²) in [6.45, 7) is 1.01. The summed E-state index contributed by atoms with van der Waals surface area (Å²) in [5, 5.41) is 0. The molecule has 26 heavy (non-hydrogen) atoms. The maximum absolute atomic E-state index is 6.59. The molecule has 0 radical (unpaired) electrons. The molecular formula is C20H26N2O4. The highest BCUT2D eigenvalue weighted by Gasteiger charge is 2.69. The first-order valence-electron chi connectivity index (χ1n) is 9.18. The summed E-state index contributed by atoms with van der Waals surface area (Å²) >= 11 is 0. The van der Waals surface area contributed by atoms with E-state index in [2.05, 4.69) is 18.0 Å². The van der Waals surface area contributed by atoms with Crippen molar-refractivity contribution in [2.45, 2.75) is 36.2 Å². The van der Waals surface area contributed by atoms with Gasteiger partial charge in [-0.25, -0.2) is 0 Å². The van der Waals surface area contributed by atoms with Crippen LogP contribution in [-0.4, -0.2) is 57.8 Å². The van der Waals surface area contributed by atoms with E-state index >= 15 is 0 Å². The van der Waals surface area contributed by atoms with Crippen LogP contribution in [0.4, 0.5) is 5.69 Å². The molecule has 4 aliphatic rings.